The minimum atomic E-state index is -0.358. The van der Waals surface area contributed by atoms with Crippen LogP contribution >= 0.6 is 23.2 Å². The van der Waals surface area contributed by atoms with Crippen LogP contribution in [0.5, 0.6) is 5.75 Å². The molecule has 2 N–H and O–H groups in total. The summed E-state index contributed by atoms with van der Waals surface area (Å²) in [6, 6.07) is 34.5. The Morgan fingerprint density at radius 1 is 0.842 bits per heavy atom. The topological polar surface area (TPSA) is 55.6 Å². The highest BCUT2D eigenvalue weighted by atomic mass is 35.5. The summed E-state index contributed by atoms with van der Waals surface area (Å²) in [6.45, 7) is 2.83. The number of rotatable bonds is 13. The number of carbonyl (C=O) groups is 1. The lowest BCUT2D eigenvalue weighted by Gasteiger charge is -2.29. The Kier molecular flexibility index (Phi) is 10.2. The van der Waals surface area contributed by atoms with Gasteiger partial charge in [-0.15, -0.1) is 0 Å². The lowest BCUT2D eigenvalue weighted by molar-refractivity contribution is -0.117. The van der Waals surface area contributed by atoms with Gasteiger partial charge in [0.25, 0.3) is 0 Å². The molecule has 0 bridgehead atoms. The third-order valence-corrected chi connectivity index (χ3v) is 7.29. The third kappa shape index (κ3) is 8.09. The third-order valence-electron chi connectivity index (χ3n) is 6.43. The van der Waals surface area contributed by atoms with Gasteiger partial charge in [0.2, 0.25) is 5.91 Å². The molecule has 0 atom stereocenters. The number of nitrogens with zero attached hydrogens (tertiary/aromatic N) is 1. The SMILES string of the molecule is NC(=O)Cc1cccc(OCCCN(Cc2cccc(Cl)c2Cl)CC(c2ccccc2)c2ccccc2)c1. The van der Waals surface area contributed by atoms with E-state index >= 15 is 0 Å². The molecule has 4 nitrogen and oxygen atoms in total. The molecule has 1 amide bonds. The van der Waals surface area contributed by atoms with Gasteiger partial charge >= 0.3 is 0 Å². The van der Waals surface area contributed by atoms with Crippen LogP contribution < -0.4 is 10.5 Å². The second kappa shape index (κ2) is 14.0. The number of carbonyl (C=O) groups excluding carboxylic acids is 1. The van der Waals surface area contributed by atoms with E-state index in [9.17, 15) is 4.79 Å². The van der Waals surface area contributed by atoms with E-state index in [1.165, 1.54) is 11.1 Å². The molecular weight excluding hydrogens is 515 g/mol. The lowest BCUT2D eigenvalue weighted by Crippen LogP contribution is -2.31. The number of halogens is 2. The minimum Gasteiger partial charge on any atom is -0.494 e. The monoisotopic (exact) mass is 546 g/mol. The molecule has 0 aliphatic heterocycles. The zero-order valence-corrected chi connectivity index (χ0v) is 22.7. The number of hydrogen-bond acceptors (Lipinski definition) is 3. The Balaban J connectivity index is 1.49. The van der Waals surface area contributed by atoms with Gasteiger partial charge in [-0.25, -0.2) is 0 Å². The minimum absolute atomic E-state index is 0.196. The molecule has 0 radical (unpaired) electrons. The van der Waals surface area contributed by atoms with Crippen LogP contribution in [-0.4, -0.2) is 30.5 Å². The molecular formula is C32H32Cl2N2O2. The normalized spacial score (nSPS) is 11.2. The largest absolute Gasteiger partial charge is 0.494 e. The average Bonchev–Trinajstić information content (AvgIpc) is 2.93. The fraction of sp³-hybridized carbons (Fsp3) is 0.219. The van der Waals surface area contributed by atoms with Crippen LogP contribution in [0.25, 0.3) is 0 Å². The Labute approximate surface area is 235 Å². The molecule has 6 heteroatoms. The number of amides is 1. The van der Waals surface area contributed by atoms with Crippen molar-refractivity contribution in [3.8, 4) is 5.75 Å². The van der Waals surface area contributed by atoms with E-state index in [0.717, 1.165) is 36.4 Å². The summed E-state index contributed by atoms with van der Waals surface area (Å²) in [4.78, 5) is 13.7. The zero-order valence-electron chi connectivity index (χ0n) is 21.2. The number of primary amides is 1. The van der Waals surface area contributed by atoms with Gasteiger partial charge in [-0.2, -0.15) is 0 Å². The summed E-state index contributed by atoms with van der Waals surface area (Å²) in [6.07, 6.45) is 1.01. The maximum absolute atomic E-state index is 11.3. The van der Waals surface area contributed by atoms with Crippen LogP contribution in [0.4, 0.5) is 0 Å². The summed E-state index contributed by atoms with van der Waals surface area (Å²) < 4.78 is 6.02. The fourth-order valence-electron chi connectivity index (χ4n) is 4.60. The molecule has 4 rings (SSSR count). The molecule has 4 aromatic rings. The highest BCUT2D eigenvalue weighted by Gasteiger charge is 2.19. The maximum atomic E-state index is 11.3. The van der Waals surface area contributed by atoms with Gasteiger partial charge in [0.1, 0.15) is 5.75 Å². The van der Waals surface area contributed by atoms with Crippen molar-refractivity contribution < 1.29 is 9.53 Å². The maximum Gasteiger partial charge on any atom is 0.221 e. The number of ether oxygens (including phenoxy) is 1. The van der Waals surface area contributed by atoms with Crippen molar-refractivity contribution >= 4 is 29.1 Å². The second-order valence-corrected chi connectivity index (χ2v) is 10.1. The van der Waals surface area contributed by atoms with Crippen LogP contribution in [0, 0.1) is 0 Å². The summed E-state index contributed by atoms with van der Waals surface area (Å²) in [7, 11) is 0. The van der Waals surface area contributed by atoms with Gasteiger partial charge < -0.3 is 10.5 Å². The van der Waals surface area contributed by atoms with Gasteiger partial charge in [0.15, 0.2) is 0 Å². The van der Waals surface area contributed by atoms with Crippen LogP contribution in [0.1, 0.15) is 34.6 Å². The quantitative estimate of drug-likeness (QED) is 0.181. The molecule has 196 valence electrons. The first-order valence-corrected chi connectivity index (χ1v) is 13.5. The Bertz CT molecular complexity index is 1280. The molecule has 0 unspecified atom stereocenters. The van der Waals surface area contributed by atoms with Crippen LogP contribution in [0.15, 0.2) is 103 Å². The first-order valence-electron chi connectivity index (χ1n) is 12.7. The van der Waals surface area contributed by atoms with Crippen molar-refractivity contribution in [2.24, 2.45) is 5.73 Å². The predicted molar refractivity (Wildman–Crippen MR) is 156 cm³/mol. The Morgan fingerprint density at radius 2 is 1.50 bits per heavy atom. The molecule has 0 heterocycles. The van der Waals surface area contributed by atoms with Crippen molar-refractivity contribution in [3.05, 3.63) is 135 Å². The lowest BCUT2D eigenvalue weighted by atomic mass is 9.90. The zero-order chi connectivity index (χ0) is 26.7. The van der Waals surface area contributed by atoms with Crippen LogP contribution in [-0.2, 0) is 17.8 Å². The number of nitrogens with two attached hydrogens (primary N) is 1. The molecule has 0 spiro atoms. The van der Waals surface area contributed by atoms with Gasteiger partial charge in [-0.3, -0.25) is 9.69 Å². The predicted octanol–water partition coefficient (Wildman–Crippen LogP) is 7.12. The van der Waals surface area contributed by atoms with E-state index in [0.29, 0.717) is 23.2 Å². The van der Waals surface area contributed by atoms with Crippen molar-refractivity contribution in [2.75, 3.05) is 19.7 Å². The molecule has 0 aromatic heterocycles. The average molecular weight is 548 g/mol. The van der Waals surface area contributed by atoms with E-state index < -0.39 is 0 Å². The Hall–Kier alpha value is -3.31. The highest BCUT2D eigenvalue weighted by molar-refractivity contribution is 6.42. The number of hydrogen-bond donors (Lipinski definition) is 1. The Morgan fingerprint density at radius 3 is 2.16 bits per heavy atom. The molecule has 0 aliphatic rings. The van der Waals surface area contributed by atoms with Gasteiger partial charge in [0, 0.05) is 25.6 Å². The van der Waals surface area contributed by atoms with Crippen LogP contribution in [0.3, 0.4) is 0 Å². The first-order chi connectivity index (χ1) is 18.5. The first kappa shape index (κ1) is 27.7. The summed E-state index contributed by atoms with van der Waals surface area (Å²) >= 11 is 12.9. The molecule has 0 saturated heterocycles. The molecule has 4 aromatic carbocycles. The number of benzene rings is 4. The van der Waals surface area contributed by atoms with E-state index in [2.05, 4.69) is 53.4 Å². The summed E-state index contributed by atoms with van der Waals surface area (Å²) in [5.41, 5.74) is 9.71. The van der Waals surface area contributed by atoms with Crippen molar-refractivity contribution in [2.45, 2.75) is 25.3 Å². The van der Waals surface area contributed by atoms with Crippen molar-refractivity contribution in [1.29, 1.82) is 0 Å². The second-order valence-electron chi connectivity index (χ2n) is 9.31. The summed E-state index contributed by atoms with van der Waals surface area (Å²) in [5, 5.41) is 1.16. The van der Waals surface area contributed by atoms with Gasteiger partial charge in [-0.05, 0) is 46.9 Å². The van der Waals surface area contributed by atoms with Crippen LogP contribution in [0.2, 0.25) is 10.0 Å². The van der Waals surface area contributed by atoms with Crippen molar-refractivity contribution in [3.63, 3.8) is 0 Å². The fourth-order valence-corrected chi connectivity index (χ4v) is 4.98. The molecule has 38 heavy (non-hydrogen) atoms. The van der Waals surface area contributed by atoms with Crippen molar-refractivity contribution in [1.82, 2.24) is 4.90 Å². The molecule has 0 aliphatic carbocycles. The molecule has 0 saturated carbocycles. The van der Waals surface area contributed by atoms with E-state index in [4.69, 9.17) is 33.7 Å². The van der Waals surface area contributed by atoms with E-state index in [-0.39, 0.29) is 18.2 Å². The molecule has 0 fully saturated rings. The van der Waals surface area contributed by atoms with E-state index in [1.54, 1.807) is 0 Å². The standard InChI is InChI=1S/C32H32Cl2N2O2/c33-30-17-8-15-27(32(30)34)22-36(18-9-19-38-28-16-7-10-24(20-28)21-31(35)37)23-29(25-11-3-1-4-12-25)26-13-5-2-6-14-26/h1-8,10-17,20,29H,9,18-19,21-23H2,(H2,35,37). The highest BCUT2D eigenvalue weighted by Crippen LogP contribution is 2.30. The summed E-state index contributed by atoms with van der Waals surface area (Å²) in [5.74, 6) is 0.574. The van der Waals surface area contributed by atoms with Gasteiger partial charge in [0.05, 0.1) is 23.1 Å². The smallest absolute Gasteiger partial charge is 0.221 e. The van der Waals surface area contributed by atoms with E-state index in [1.807, 2.05) is 54.6 Å². The van der Waals surface area contributed by atoms with Gasteiger partial charge in [-0.1, -0.05) is 108 Å².